The zero-order valence-corrected chi connectivity index (χ0v) is 32.5. The number of hydrogen-bond donors (Lipinski definition) is 2. The Morgan fingerprint density at radius 1 is 1.09 bits per heavy atom. The number of likely N-dealkylation sites (tertiary alicyclic amines) is 1. The Morgan fingerprint density at radius 3 is 2.55 bits per heavy atom. The van der Waals surface area contributed by atoms with E-state index in [2.05, 4.69) is 15.5 Å². The third-order valence-electron chi connectivity index (χ3n) is 10.00. The summed E-state index contributed by atoms with van der Waals surface area (Å²) in [7, 11) is 1.62. The number of hydrogen-bond acceptors (Lipinski definition) is 8. The Balaban J connectivity index is 1.16. The average Bonchev–Trinajstić information content (AvgIpc) is 3.77. The number of benzene rings is 2. The number of carbonyl (C=O) groups excluding carboxylic acids is 2. The van der Waals surface area contributed by atoms with Crippen molar-refractivity contribution in [3.63, 3.8) is 0 Å². The van der Waals surface area contributed by atoms with Gasteiger partial charge in [0.2, 0.25) is 11.5 Å². The standard InChI is InChI=1S/C40H44Cl2F2N4O7/c1-39(2,3)54-38(51)48-16-13-27(23-6-8-25(9-7-23)53-22-26-19-33(47-55-26)35-30(43)10-11-31(44)36(35)41)28(21-48)37(50)46-32-20-29(32)40(42,14-5-17-52-4)24-12-15-45-34(49)18-24/h6-12,15,18-19,27-29,32H,5,13-14,16-17,20-22H2,1-4H3,(H,45,49)(H,46,50). The number of ether oxygens (including phenoxy) is 3. The Kier molecular flexibility index (Phi) is 12.2. The van der Waals surface area contributed by atoms with Crippen LogP contribution in [0.25, 0.3) is 11.3 Å². The van der Waals surface area contributed by atoms with Gasteiger partial charge in [0.05, 0.1) is 21.4 Å². The van der Waals surface area contributed by atoms with Crippen LogP contribution in [0.5, 0.6) is 5.75 Å². The fourth-order valence-corrected chi connectivity index (χ4v) is 7.95. The van der Waals surface area contributed by atoms with Crippen molar-refractivity contribution in [3.05, 3.63) is 105 Å². The molecule has 2 N–H and O–H groups in total. The molecular weight excluding hydrogens is 757 g/mol. The third kappa shape index (κ3) is 9.50. The first-order valence-corrected chi connectivity index (χ1v) is 18.9. The lowest BCUT2D eigenvalue weighted by Gasteiger charge is -2.38. The number of aromatic amines is 1. The summed E-state index contributed by atoms with van der Waals surface area (Å²) < 4.78 is 50.5. The molecule has 2 aliphatic rings. The third-order valence-corrected chi connectivity index (χ3v) is 11.1. The minimum Gasteiger partial charge on any atom is -0.486 e. The number of pyridine rings is 1. The molecule has 294 valence electrons. The summed E-state index contributed by atoms with van der Waals surface area (Å²) in [5, 5.41) is 6.66. The molecule has 2 aromatic carbocycles. The highest BCUT2D eigenvalue weighted by molar-refractivity contribution is 6.33. The zero-order valence-electron chi connectivity index (χ0n) is 31.0. The number of amides is 2. The number of nitrogens with zero attached hydrogens (tertiary/aromatic N) is 2. The van der Waals surface area contributed by atoms with Gasteiger partial charge < -0.3 is 33.9 Å². The van der Waals surface area contributed by atoms with Crippen molar-refractivity contribution in [1.82, 2.24) is 20.4 Å². The summed E-state index contributed by atoms with van der Waals surface area (Å²) in [6, 6.07) is 13.7. The summed E-state index contributed by atoms with van der Waals surface area (Å²) in [5.41, 5.74) is 0.453. The van der Waals surface area contributed by atoms with Crippen molar-refractivity contribution in [3.8, 4) is 17.0 Å². The summed E-state index contributed by atoms with van der Waals surface area (Å²) in [6.07, 6.45) is 3.45. The summed E-state index contributed by atoms with van der Waals surface area (Å²) in [5.74, 6) is -1.92. The zero-order chi connectivity index (χ0) is 39.5. The van der Waals surface area contributed by atoms with Crippen LogP contribution >= 0.6 is 23.2 Å². The number of carbonyl (C=O) groups is 2. The highest BCUT2D eigenvalue weighted by Crippen LogP contribution is 2.53. The van der Waals surface area contributed by atoms with E-state index in [1.165, 1.54) is 12.1 Å². The van der Waals surface area contributed by atoms with Crippen LogP contribution in [0.4, 0.5) is 13.6 Å². The van der Waals surface area contributed by atoms with E-state index in [9.17, 15) is 23.2 Å². The second-order valence-corrected chi connectivity index (χ2v) is 16.1. The van der Waals surface area contributed by atoms with Crippen LogP contribution in [0.1, 0.15) is 69.3 Å². The van der Waals surface area contributed by atoms with Gasteiger partial charge in [0.25, 0.3) is 0 Å². The van der Waals surface area contributed by atoms with Crippen molar-refractivity contribution in [2.75, 3.05) is 26.8 Å². The molecule has 0 radical (unpaired) electrons. The Bertz CT molecular complexity index is 2050. The van der Waals surface area contributed by atoms with Gasteiger partial charge in [-0.2, -0.15) is 0 Å². The van der Waals surface area contributed by atoms with Crippen molar-refractivity contribution < 1.29 is 37.1 Å². The Labute approximate surface area is 327 Å². The van der Waals surface area contributed by atoms with E-state index in [4.69, 9.17) is 41.9 Å². The Hall–Kier alpha value is -4.46. The van der Waals surface area contributed by atoms with E-state index in [1.54, 1.807) is 57.2 Å². The van der Waals surface area contributed by atoms with Crippen LogP contribution in [0, 0.1) is 23.5 Å². The van der Waals surface area contributed by atoms with Gasteiger partial charge in [0.15, 0.2) is 5.76 Å². The summed E-state index contributed by atoms with van der Waals surface area (Å²) >= 11 is 13.3. The molecule has 6 rings (SSSR count). The number of nitrogens with one attached hydrogen (secondary N) is 2. The van der Waals surface area contributed by atoms with Crippen molar-refractivity contribution >= 4 is 35.2 Å². The number of aromatic nitrogens is 2. The van der Waals surface area contributed by atoms with E-state index in [0.29, 0.717) is 50.1 Å². The van der Waals surface area contributed by atoms with Gasteiger partial charge in [0.1, 0.15) is 35.3 Å². The van der Waals surface area contributed by atoms with Crippen LogP contribution < -0.4 is 15.6 Å². The number of methoxy groups -OCH3 is 1. The highest BCUT2D eigenvalue weighted by atomic mass is 35.5. The molecule has 4 aromatic rings. The lowest BCUT2D eigenvalue weighted by molar-refractivity contribution is -0.127. The van der Waals surface area contributed by atoms with Crippen molar-refractivity contribution in [1.29, 1.82) is 0 Å². The predicted molar refractivity (Wildman–Crippen MR) is 202 cm³/mol. The van der Waals surface area contributed by atoms with E-state index >= 15 is 0 Å². The second-order valence-electron chi connectivity index (χ2n) is 15.0. The van der Waals surface area contributed by atoms with Gasteiger partial charge in [0, 0.05) is 57.1 Å². The molecular formula is C40H44Cl2F2N4O7. The minimum absolute atomic E-state index is 0.0358. The first-order valence-electron chi connectivity index (χ1n) is 18.1. The molecule has 1 aliphatic carbocycles. The Morgan fingerprint density at radius 2 is 1.84 bits per heavy atom. The molecule has 5 atom stereocenters. The normalized spacial score (nSPS) is 20.8. The molecule has 2 amide bonds. The average molecular weight is 802 g/mol. The topological polar surface area (TPSA) is 136 Å². The van der Waals surface area contributed by atoms with Gasteiger partial charge >= 0.3 is 6.09 Å². The summed E-state index contributed by atoms with van der Waals surface area (Å²) in [6.45, 7) is 6.39. The van der Waals surface area contributed by atoms with Gasteiger partial charge in [-0.05, 0) is 93.8 Å². The van der Waals surface area contributed by atoms with Gasteiger partial charge in [-0.3, -0.25) is 9.59 Å². The number of halogens is 4. The lowest BCUT2D eigenvalue weighted by Crippen LogP contribution is -2.50. The number of alkyl halides is 1. The second kappa shape index (κ2) is 16.7. The molecule has 2 fully saturated rings. The van der Waals surface area contributed by atoms with Crippen LogP contribution in [-0.2, 0) is 25.7 Å². The molecule has 15 heteroatoms. The van der Waals surface area contributed by atoms with E-state index in [0.717, 1.165) is 17.7 Å². The molecule has 1 aliphatic heterocycles. The molecule has 1 saturated heterocycles. The highest BCUT2D eigenvalue weighted by Gasteiger charge is 2.54. The molecule has 11 nitrogen and oxygen atoms in total. The van der Waals surface area contributed by atoms with Gasteiger partial charge in [-0.1, -0.05) is 28.9 Å². The monoisotopic (exact) mass is 800 g/mol. The first-order chi connectivity index (χ1) is 26.2. The SMILES string of the molecule is COCCCC(Cl)(c1cc[nH]c(=O)c1)C1CC1NC(=O)C1CN(C(=O)OC(C)(C)C)CCC1c1ccc(OCc2cc(-c3c(F)ccc(F)c3Cl)no2)cc1. The van der Waals surface area contributed by atoms with Crippen LogP contribution in [0.2, 0.25) is 5.02 Å². The fourth-order valence-electron chi connectivity index (χ4n) is 7.21. The predicted octanol–water partition coefficient (Wildman–Crippen LogP) is 7.95. The molecule has 1 saturated carbocycles. The molecule has 3 heterocycles. The maximum Gasteiger partial charge on any atom is 0.410 e. The van der Waals surface area contributed by atoms with Gasteiger partial charge in [-0.25, -0.2) is 13.6 Å². The minimum atomic E-state index is -0.884. The van der Waals surface area contributed by atoms with Crippen LogP contribution in [0.15, 0.2) is 70.1 Å². The number of H-pyrrole nitrogens is 1. The van der Waals surface area contributed by atoms with Crippen LogP contribution in [-0.4, -0.2) is 65.5 Å². The summed E-state index contributed by atoms with van der Waals surface area (Å²) in [4.78, 5) is 42.9. The maximum absolute atomic E-state index is 14.4. The van der Waals surface area contributed by atoms with E-state index in [1.807, 2.05) is 12.1 Å². The van der Waals surface area contributed by atoms with Crippen molar-refractivity contribution in [2.45, 2.75) is 75.5 Å². The largest absolute Gasteiger partial charge is 0.486 e. The maximum atomic E-state index is 14.4. The number of piperidine rings is 1. The van der Waals surface area contributed by atoms with Crippen LogP contribution in [0.3, 0.4) is 0 Å². The van der Waals surface area contributed by atoms with E-state index in [-0.39, 0.29) is 59.5 Å². The van der Waals surface area contributed by atoms with Gasteiger partial charge in [-0.15, -0.1) is 11.6 Å². The van der Waals surface area contributed by atoms with Crippen molar-refractivity contribution in [2.24, 2.45) is 11.8 Å². The van der Waals surface area contributed by atoms with E-state index < -0.39 is 39.1 Å². The smallest absolute Gasteiger partial charge is 0.410 e. The molecule has 0 bridgehead atoms. The fraction of sp³-hybridized carbons (Fsp3) is 0.450. The molecule has 5 unspecified atom stereocenters. The lowest BCUT2D eigenvalue weighted by atomic mass is 9.80. The first kappa shape index (κ1) is 40.2. The molecule has 55 heavy (non-hydrogen) atoms. The number of rotatable bonds is 13. The quantitative estimate of drug-likeness (QED) is 0.0791. The molecule has 0 spiro atoms. The molecule has 2 aromatic heterocycles.